The summed E-state index contributed by atoms with van der Waals surface area (Å²) in [4.78, 5) is 0. The maximum Gasteiger partial charge on any atom is 0.220 e. The van der Waals surface area contributed by atoms with Gasteiger partial charge in [-0.3, -0.25) is 0 Å². The van der Waals surface area contributed by atoms with Gasteiger partial charge in [0, 0.05) is 4.47 Å². The van der Waals surface area contributed by atoms with Crippen LogP contribution in [0.3, 0.4) is 0 Å². The zero-order valence-corrected chi connectivity index (χ0v) is 25.0. The van der Waals surface area contributed by atoms with Crippen molar-refractivity contribution in [1.29, 1.82) is 0 Å². The van der Waals surface area contributed by atoms with Crippen molar-refractivity contribution in [3.63, 3.8) is 0 Å². The third-order valence-corrected chi connectivity index (χ3v) is 12.2. The summed E-state index contributed by atoms with van der Waals surface area (Å²) in [5.41, 5.74) is 2.47. The van der Waals surface area contributed by atoms with E-state index in [4.69, 9.17) is 18.6 Å². The fourth-order valence-electron chi connectivity index (χ4n) is 3.46. The third kappa shape index (κ3) is 7.77. The molecule has 35 heavy (non-hydrogen) atoms. The number of hydrogen-bond acceptors (Lipinski definition) is 4. The van der Waals surface area contributed by atoms with E-state index >= 15 is 0 Å². The largest absolute Gasteiger partial charge is 0.461 e. The highest BCUT2D eigenvalue weighted by Crippen LogP contribution is 2.37. The second-order valence-electron chi connectivity index (χ2n) is 11.8. The van der Waals surface area contributed by atoms with Crippen molar-refractivity contribution in [3.8, 4) is 5.75 Å². The molecule has 3 atom stereocenters. The molecule has 2 aromatic rings. The van der Waals surface area contributed by atoms with Gasteiger partial charge in [0.05, 0.1) is 13.2 Å². The van der Waals surface area contributed by atoms with Gasteiger partial charge in [-0.05, 0) is 58.9 Å². The quantitative estimate of drug-likeness (QED) is 0.242. The molecule has 1 aliphatic rings. The average molecular weight is 562 g/mol. The van der Waals surface area contributed by atoms with Crippen molar-refractivity contribution in [2.75, 3.05) is 6.61 Å². The first-order valence-electron chi connectivity index (χ1n) is 12.4. The second kappa shape index (κ2) is 11.3. The molecule has 6 heteroatoms. The fraction of sp³-hybridized carbons (Fsp3) is 0.517. The van der Waals surface area contributed by atoms with Crippen molar-refractivity contribution in [2.24, 2.45) is 0 Å². The van der Waals surface area contributed by atoms with Gasteiger partial charge in [0.2, 0.25) is 6.29 Å². The molecule has 192 valence electrons. The third-order valence-electron chi connectivity index (χ3n) is 6.91. The summed E-state index contributed by atoms with van der Waals surface area (Å²) in [6.07, 6.45) is 3.00. The van der Waals surface area contributed by atoms with Crippen LogP contribution in [0.2, 0.25) is 18.1 Å². The Labute approximate surface area is 221 Å². The number of ether oxygens (including phenoxy) is 3. The van der Waals surface area contributed by atoms with Crippen LogP contribution >= 0.6 is 15.9 Å². The minimum absolute atomic E-state index is 0.101. The predicted molar refractivity (Wildman–Crippen MR) is 149 cm³/mol. The summed E-state index contributed by atoms with van der Waals surface area (Å²) >= 11 is 3.61. The molecule has 0 saturated heterocycles. The van der Waals surface area contributed by atoms with Crippen LogP contribution in [0.25, 0.3) is 0 Å². The molecule has 0 N–H and O–H groups in total. The van der Waals surface area contributed by atoms with Gasteiger partial charge < -0.3 is 18.6 Å². The standard InChI is InChI=1S/C29H41BrO4Si/c1-28(2,3)22-13-15-23(16-14-22)33-27-18-17-25(31-19-21-11-9-10-12-24(21)30)26(34-27)20-32-35(7,8)29(4,5)6/h9-18,25-27H,19-20H2,1-8H3/t25-,26+,27-/m0/s1. The van der Waals surface area contributed by atoms with E-state index in [1.807, 2.05) is 42.5 Å². The van der Waals surface area contributed by atoms with Crippen LogP contribution in [0.4, 0.5) is 0 Å². The van der Waals surface area contributed by atoms with E-state index in [0.717, 1.165) is 15.8 Å². The minimum atomic E-state index is -1.94. The van der Waals surface area contributed by atoms with E-state index in [1.165, 1.54) is 5.56 Å². The summed E-state index contributed by atoms with van der Waals surface area (Å²) in [5, 5.41) is 0.119. The van der Waals surface area contributed by atoms with Gasteiger partial charge in [0.1, 0.15) is 18.0 Å². The first-order valence-corrected chi connectivity index (χ1v) is 16.1. The van der Waals surface area contributed by atoms with Crippen molar-refractivity contribution in [1.82, 2.24) is 0 Å². The lowest BCUT2D eigenvalue weighted by Crippen LogP contribution is -2.47. The molecular formula is C29H41BrO4Si. The lowest BCUT2D eigenvalue weighted by atomic mass is 9.87. The Hall–Kier alpha value is -1.44. The Bertz CT molecular complexity index is 989. The van der Waals surface area contributed by atoms with Crippen molar-refractivity contribution < 1.29 is 18.6 Å². The van der Waals surface area contributed by atoms with E-state index in [9.17, 15) is 0 Å². The van der Waals surface area contributed by atoms with Crippen LogP contribution in [0, 0.1) is 0 Å². The van der Waals surface area contributed by atoms with E-state index in [1.54, 1.807) is 0 Å². The van der Waals surface area contributed by atoms with Gasteiger partial charge in [0.15, 0.2) is 8.32 Å². The van der Waals surface area contributed by atoms with Gasteiger partial charge >= 0.3 is 0 Å². The van der Waals surface area contributed by atoms with E-state index in [-0.39, 0.29) is 22.7 Å². The van der Waals surface area contributed by atoms with Gasteiger partial charge in [-0.1, -0.05) is 93.9 Å². The summed E-state index contributed by atoms with van der Waals surface area (Å²) in [7, 11) is -1.94. The SMILES string of the molecule is CC(C)(C)c1ccc(O[C@@H]2C=C[C@H](OCc3ccccc3Br)[C@@H](CO[Si](C)(C)C(C)(C)C)O2)cc1. The smallest absolute Gasteiger partial charge is 0.220 e. The molecule has 0 amide bonds. The van der Waals surface area contributed by atoms with E-state index in [0.29, 0.717) is 13.2 Å². The molecule has 4 nitrogen and oxygen atoms in total. The maximum absolute atomic E-state index is 6.53. The van der Waals surface area contributed by atoms with Gasteiger partial charge in [-0.2, -0.15) is 0 Å². The van der Waals surface area contributed by atoms with Gasteiger partial charge in [-0.25, -0.2) is 0 Å². The summed E-state index contributed by atoms with van der Waals surface area (Å²) in [5.74, 6) is 0.782. The highest BCUT2D eigenvalue weighted by Gasteiger charge is 2.39. The molecule has 1 aliphatic heterocycles. The highest BCUT2D eigenvalue weighted by atomic mass is 79.9. The molecule has 3 rings (SSSR count). The van der Waals surface area contributed by atoms with Crippen LogP contribution in [-0.4, -0.2) is 33.4 Å². The number of hydrogen-bond donors (Lipinski definition) is 0. The van der Waals surface area contributed by atoms with E-state index in [2.05, 4.69) is 88.8 Å². The molecule has 0 fully saturated rings. The molecule has 0 radical (unpaired) electrons. The molecule has 1 heterocycles. The van der Waals surface area contributed by atoms with Crippen LogP contribution in [-0.2, 0) is 25.9 Å². The zero-order chi connectivity index (χ0) is 25.9. The van der Waals surface area contributed by atoms with Crippen LogP contribution in [0.15, 0.2) is 65.2 Å². The minimum Gasteiger partial charge on any atom is -0.461 e. The lowest BCUT2D eigenvalue weighted by molar-refractivity contribution is -0.155. The Kier molecular flexibility index (Phi) is 9.09. The fourth-order valence-corrected chi connectivity index (χ4v) is 4.87. The number of benzene rings is 2. The summed E-state index contributed by atoms with van der Waals surface area (Å²) in [6.45, 7) is 18.8. The lowest BCUT2D eigenvalue weighted by Gasteiger charge is -2.39. The van der Waals surface area contributed by atoms with Gasteiger partial charge in [0.25, 0.3) is 0 Å². The predicted octanol–water partition coefficient (Wildman–Crippen LogP) is 8.01. The molecule has 0 saturated carbocycles. The topological polar surface area (TPSA) is 36.9 Å². The highest BCUT2D eigenvalue weighted by molar-refractivity contribution is 9.10. The maximum atomic E-state index is 6.53. The Morgan fingerprint density at radius 2 is 1.57 bits per heavy atom. The van der Waals surface area contributed by atoms with Crippen LogP contribution in [0.1, 0.15) is 52.7 Å². The average Bonchev–Trinajstić information content (AvgIpc) is 2.77. The normalized spacial score (nSPS) is 21.2. The first kappa shape index (κ1) is 28.1. The zero-order valence-electron chi connectivity index (χ0n) is 22.4. The van der Waals surface area contributed by atoms with Gasteiger partial charge in [-0.15, -0.1) is 0 Å². The molecule has 2 aromatic carbocycles. The summed E-state index contributed by atoms with van der Waals surface area (Å²) in [6, 6.07) is 16.4. The number of rotatable bonds is 8. The molecular weight excluding hydrogens is 520 g/mol. The molecule has 0 unspecified atom stereocenters. The van der Waals surface area contributed by atoms with E-state index < -0.39 is 14.6 Å². The van der Waals surface area contributed by atoms with Crippen molar-refractivity contribution in [2.45, 2.75) is 90.2 Å². The van der Waals surface area contributed by atoms with Crippen molar-refractivity contribution in [3.05, 3.63) is 76.3 Å². The van der Waals surface area contributed by atoms with Crippen molar-refractivity contribution >= 4 is 24.2 Å². The Morgan fingerprint density at radius 1 is 0.914 bits per heavy atom. The first-order chi connectivity index (χ1) is 16.3. The number of halogens is 1. The molecule has 0 bridgehead atoms. The van der Waals surface area contributed by atoms with Crippen LogP contribution in [0.5, 0.6) is 5.75 Å². The Balaban J connectivity index is 1.72. The monoisotopic (exact) mass is 560 g/mol. The molecule has 0 aliphatic carbocycles. The second-order valence-corrected chi connectivity index (χ2v) is 17.4. The Morgan fingerprint density at radius 3 is 2.17 bits per heavy atom. The summed E-state index contributed by atoms with van der Waals surface area (Å²) < 4.78 is 26.4. The molecule has 0 spiro atoms. The van der Waals surface area contributed by atoms with Crippen LogP contribution < -0.4 is 4.74 Å². The molecule has 0 aromatic heterocycles.